The van der Waals surface area contributed by atoms with Crippen molar-refractivity contribution in [2.75, 3.05) is 13.1 Å². The number of halogens is 1. The molecule has 1 aromatic rings. The minimum absolute atomic E-state index is 0.0230. The molecule has 2 atom stereocenters. The van der Waals surface area contributed by atoms with Gasteiger partial charge in [-0.25, -0.2) is 4.79 Å². The molecule has 4 nitrogen and oxygen atoms in total. The fourth-order valence-corrected chi connectivity index (χ4v) is 3.08. The molecule has 0 spiro atoms. The number of nitrogens with zero attached hydrogens (tertiary/aromatic N) is 1. The Bertz CT molecular complexity index is 487. The molecular formula is C17H25ClN2O2. The normalized spacial score (nSPS) is 23.1. The van der Waals surface area contributed by atoms with E-state index in [9.17, 15) is 4.79 Å². The van der Waals surface area contributed by atoms with Gasteiger partial charge in [0.2, 0.25) is 0 Å². The van der Waals surface area contributed by atoms with Gasteiger partial charge in [0.05, 0.1) is 0 Å². The van der Waals surface area contributed by atoms with Crippen molar-refractivity contribution in [3.05, 3.63) is 35.9 Å². The van der Waals surface area contributed by atoms with Crippen LogP contribution in [0.1, 0.15) is 32.8 Å². The summed E-state index contributed by atoms with van der Waals surface area (Å²) in [5.74, 6) is 0. The standard InChI is InChI=1S/C17H25ClN2O2/c1-17(2,3)22-16(21)19-15-9-14(18)11-20(12-15)10-13-7-5-4-6-8-13/h4-8,14-15H,9-12H2,1-3H3,(H,19,21)/t14-,15+/m1/s1. The van der Waals surface area contributed by atoms with Gasteiger partial charge in [-0.3, -0.25) is 4.90 Å². The van der Waals surface area contributed by atoms with E-state index in [0.717, 1.165) is 26.1 Å². The van der Waals surface area contributed by atoms with E-state index < -0.39 is 5.60 Å². The van der Waals surface area contributed by atoms with Crippen LogP contribution in [-0.2, 0) is 11.3 Å². The molecule has 1 fully saturated rings. The van der Waals surface area contributed by atoms with Gasteiger partial charge in [0.1, 0.15) is 5.60 Å². The molecule has 122 valence electrons. The quantitative estimate of drug-likeness (QED) is 0.866. The van der Waals surface area contributed by atoms with Crippen LogP contribution in [0.3, 0.4) is 0 Å². The average molecular weight is 325 g/mol. The number of alkyl carbamates (subject to hydrolysis) is 1. The molecule has 22 heavy (non-hydrogen) atoms. The zero-order chi connectivity index (χ0) is 16.2. The number of alkyl halides is 1. The van der Waals surface area contributed by atoms with Crippen LogP contribution in [0, 0.1) is 0 Å². The Balaban J connectivity index is 1.89. The summed E-state index contributed by atoms with van der Waals surface area (Å²) in [5.41, 5.74) is 0.771. The minimum Gasteiger partial charge on any atom is -0.444 e. The lowest BCUT2D eigenvalue weighted by molar-refractivity contribution is 0.0472. The summed E-state index contributed by atoms with van der Waals surface area (Å²) in [6, 6.07) is 10.3. The number of carbonyl (C=O) groups excluding carboxylic acids is 1. The summed E-state index contributed by atoms with van der Waals surface area (Å²) >= 11 is 6.36. The first-order chi connectivity index (χ1) is 10.3. The van der Waals surface area contributed by atoms with Gasteiger partial charge in [0.15, 0.2) is 0 Å². The predicted molar refractivity (Wildman–Crippen MR) is 89.1 cm³/mol. The van der Waals surface area contributed by atoms with Crippen molar-refractivity contribution in [2.24, 2.45) is 0 Å². The maximum absolute atomic E-state index is 11.9. The van der Waals surface area contributed by atoms with Crippen LogP contribution in [0.15, 0.2) is 30.3 Å². The van der Waals surface area contributed by atoms with Gasteiger partial charge in [0, 0.05) is 31.1 Å². The topological polar surface area (TPSA) is 41.6 Å². The van der Waals surface area contributed by atoms with E-state index in [1.807, 2.05) is 39.0 Å². The molecular weight excluding hydrogens is 300 g/mol. The largest absolute Gasteiger partial charge is 0.444 e. The molecule has 1 aliphatic rings. The minimum atomic E-state index is -0.483. The molecule has 2 rings (SSSR count). The second-order valence-corrected chi connectivity index (χ2v) is 7.47. The van der Waals surface area contributed by atoms with E-state index in [0.29, 0.717) is 0 Å². The van der Waals surface area contributed by atoms with E-state index in [1.165, 1.54) is 5.56 Å². The zero-order valence-corrected chi connectivity index (χ0v) is 14.3. The number of amides is 1. The van der Waals surface area contributed by atoms with E-state index in [1.54, 1.807) is 0 Å². The van der Waals surface area contributed by atoms with Crippen molar-refractivity contribution in [2.45, 2.75) is 50.8 Å². The van der Waals surface area contributed by atoms with Crippen LogP contribution in [0.25, 0.3) is 0 Å². The van der Waals surface area contributed by atoms with Crippen molar-refractivity contribution < 1.29 is 9.53 Å². The van der Waals surface area contributed by atoms with Gasteiger partial charge in [-0.1, -0.05) is 30.3 Å². The summed E-state index contributed by atoms with van der Waals surface area (Å²) < 4.78 is 5.32. The van der Waals surface area contributed by atoms with E-state index in [4.69, 9.17) is 16.3 Å². The first-order valence-corrected chi connectivity index (χ1v) is 8.15. The highest BCUT2D eigenvalue weighted by atomic mass is 35.5. The van der Waals surface area contributed by atoms with Gasteiger partial charge >= 0.3 is 6.09 Å². The lowest BCUT2D eigenvalue weighted by Crippen LogP contribution is -2.51. The summed E-state index contributed by atoms with van der Waals surface area (Å²) in [4.78, 5) is 14.2. The third kappa shape index (κ3) is 5.85. The Morgan fingerprint density at radius 1 is 1.32 bits per heavy atom. The Morgan fingerprint density at radius 2 is 2.00 bits per heavy atom. The van der Waals surface area contributed by atoms with Gasteiger partial charge in [0.25, 0.3) is 0 Å². The molecule has 0 aromatic heterocycles. The van der Waals surface area contributed by atoms with Crippen LogP contribution >= 0.6 is 11.6 Å². The molecule has 0 unspecified atom stereocenters. The molecule has 1 aromatic carbocycles. The van der Waals surface area contributed by atoms with Crippen LogP contribution in [0.4, 0.5) is 4.79 Å². The fourth-order valence-electron chi connectivity index (χ4n) is 2.67. The summed E-state index contributed by atoms with van der Waals surface area (Å²) in [5, 5.41) is 2.97. The van der Waals surface area contributed by atoms with Crippen molar-refractivity contribution in [1.82, 2.24) is 10.2 Å². The smallest absolute Gasteiger partial charge is 0.407 e. The second kappa shape index (κ2) is 7.34. The summed E-state index contributed by atoms with van der Waals surface area (Å²) in [6.45, 7) is 8.05. The molecule has 0 saturated carbocycles. The number of piperidine rings is 1. The fraction of sp³-hybridized carbons (Fsp3) is 0.588. The van der Waals surface area contributed by atoms with Crippen molar-refractivity contribution in [3.8, 4) is 0 Å². The first kappa shape index (κ1) is 17.1. The van der Waals surface area contributed by atoms with Crippen molar-refractivity contribution in [1.29, 1.82) is 0 Å². The Morgan fingerprint density at radius 3 is 2.64 bits per heavy atom. The van der Waals surface area contributed by atoms with Crippen LogP contribution < -0.4 is 5.32 Å². The lowest BCUT2D eigenvalue weighted by Gasteiger charge is -2.36. The number of ether oxygens (including phenoxy) is 1. The molecule has 0 aliphatic carbocycles. The number of carbonyl (C=O) groups is 1. The lowest BCUT2D eigenvalue weighted by atomic mass is 10.0. The third-order valence-corrected chi connectivity index (χ3v) is 3.76. The van der Waals surface area contributed by atoms with Gasteiger partial charge in [-0.15, -0.1) is 11.6 Å². The summed E-state index contributed by atoms with van der Waals surface area (Å²) in [6.07, 6.45) is 0.398. The Hall–Kier alpha value is -1.26. The van der Waals surface area contributed by atoms with Gasteiger partial charge in [-0.05, 0) is 32.8 Å². The number of likely N-dealkylation sites (tertiary alicyclic amines) is 1. The molecule has 0 bridgehead atoms. The molecule has 1 aliphatic heterocycles. The number of rotatable bonds is 3. The Kier molecular flexibility index (Phi) is 5.70. The Labute approximate surface area is 137 Å². The maximum atomic E-state index is 11.9. The molecule has 1 heterocycles. The molecule has 5 heteroatoms. The van der Waals surface area contributed by atoms with Crippen molar-refractivity contribution in [3.63, 3.8) is 0 Å². The highest BCUT2D eigenvalue weighted by molar-refractivity contribution is 6.20. The third-order valence-electron chi connectivity index (χ3n) is 3.45. The van der Waals surface area contributed by atoms with Gasteiger partial charge in [-0.2, -0.15) is 0 Å². The average Bonchev–Trinajstić information content (AvgIpc) is 2.36. The van der Waals surface area contributed by atoms with Gasteiger partial charge < -0.3 is 10.1 Å². The number of hydrogen-bond donors (Lipinski definition) is 1. The number of benzene rings is 1. The van der Waals surface area contributed by atoms with E-state index in [2.05, 4.69) is 22.3 Å². The van der Waals surface area contributed by atoms with Crippen LogP contribution in [0.2, 0.25) is 0 Å². The number of hydrogen-bond acceptors (Lipinski definition) is 3. The maximum Gasteiger partial charge on any atom is 0.407 e. The molecule has 1 saturated heterocycles. The molecule has 0 radical (unpaired) electrons. The highest BCUT2D eigenvalue weighted by Crippen LogP contribution is 2.19. The second-order valence-electron chi connectivity index (χ2n) is 6.86. The molecule has 1 amide bonds. The monoisotopic (exact) mass is 324 g/mol. The highest BCUT2D eigenvalue weighted by Gasteiger charge is 2.28. The molecule has 1 N–H and O–H groups in total. The first-order valence-electron chi connectivity index (χ1n) is 7.72. The van der Waals surface area contributed by atoms with Crippen LogP contribution in [0.5, 0.6) is 0 Å². The SMILES string of the molecule is CC(C)(C)OC(=O)N[C@H]1C[C@@H](Cl)CN(Cc2ccccc2)C1. The number of nitrogens with one attached hydrogen (secondary N) is 1. The van der Waals surface area contributed by atoms with Crippen LogP contribution in [-0.4, -0.2) is 41.1 Å². The van der Waals surface area contributed by atoms with Crippen molar-refractivity contribution >= 4 is 17.7 Å². The summed E-state index contributed by atoms with van der Waals surface area (Å²) in [7, 11) is 0. The predicted octanol–water partition coefficient (Wildman–Crippen LogP) is 3.39. The van der Waals surface area contributed by atoms with E-state index in [-0.39, 0.29) is 17.5 Å². The van der Waals surface area contributed by atoms with E-state index >= 15 is 0 Å². The zero-order valence-electron chi connectivity index (χ0n) is 13.5.